The fraction of sp³-hybridized carbons (Fsp3) is 0.667. The van der Waals surface area contributed by atoms with Crippen LogP contribution in [0.25, 0.3) is 0 Å². The van der Waals surface area contributed by atoms with Gasteiger partial charge >= 0.3 is 0 Å². The van der Waals surface area contributed by atoms with E-state index in [1.807, 2.05) is 12.2 Å². The van der Waals surface area contributed by atoms with E-state index in [9.17, 15) is 0 Å². The molecule has 0 aliphatic heterocycles. The first kappa shape index (κ1) is 24.8. The average Bonchev–Trinajstić information content (AvgIpc) is 2.30. The van der Waals surface area contributed by atoms with Crippen molar-refractivity contribution in [3.8, 4) is 0 Å². The number of thioether (sulfide) groups is 1. The monoisotopic (exact) mass is 877 g/mol. The first-order chi connectivity index (χ1) is 10.8. The summed E-state index contributed by atoms with van der Waals surface area (Å²) in [6.45, 7) is 0. The van der Waals surface area contributed by atoms with Crippen molar-refractivity contribution in [2.24, 2.45) is 22.9 Å². The molecule has 0 saturated carbocycles. The average molecular weight is 886 g/mol. The number of rotatable bonds is 2. The summed E-state index contributed by atoms with van der Waals surface area (Å²) in [5, 5.41) is 0. The topological polar surface area (TPSA) is 104 Å². The second kappa shape index (κ2) is 7.58. The van der Waals surface area contributed by atoms with Crippen molar-refractivity contribution in [3.05, 3.63) is 22.0 Å². The highest BCUT2D eigenvalue weighted by Gasteiger charge is 2.55. The lowest BCUT2D eigenvalue weighted by Crippen LogP contribution is -2.65. The summed E-state index contributed by atoms with van der Waals surface area (Å²) in [6, 6.07) is 0. The third kappa shape index (κ3) is 5.06. The standard InChI is InChI=1S/C12H14Br8N4S/c13-7(14)3-11(21,22)9(17,18)1-5(7)25-6-2-10(19,20)12(23,24)4-8(6,15)16/h1-2H,3-4,21-24H2. The smallest absolute Gasteiger partial charge is 0.130 e. The van der Waals surface area contributed by atoms with Crippen LogP contribution in [0.3, 0.4) is 0 Å². The molecule has 8 N–H and O–H groups in total. The summed E-state index contributed by atoms with van der Waals surface area (Å²) in [6.07, 6.45) is 4.76. The molecule has 0 amide bonds. The maximum atomic E-state index is 6.25. The molecule has 144 valence electrons. The van der Waals surface area contributed by atoms with Crippen LogP contribution >= 0.6 is 139 Å². The Morgan fingerprint density at radius 1 is 0.640 bits per heavy atom. The van der Waals surface area contributed by atoms with Gasteiger partial charge in [-0.3, -0.25) is 0 Å². The first-order valence-electron chi connectivity index (χ1n) is 6.64. The number of alkyl halides is 8. The van der Waals surface area contributed by atoms with Crippen LogP contribution in [-0.2, 0) is 0 Å². The molecule has 0 aromatic carbocycles. The molecule has 0 aromatic heterocycles. The minimum absolute atomic E-state index is 0.436. The number of halogens is 8. The van der Waals surface area contributed by atoms with Gasteiger partial charge in [0, 0.05) is 22.7 Å². The fourth-order valence-electron chi connectivity index (χ4n) is 2.28. The van der Waals surface area contributed by atoms with Crippen molar-refractivity contribution in [3.63, 3.8) is 0 Å². The van der Waals surface area contributed by atoms with E-state index in [4.69, 9.17) is 22.9 Å². The van der Waals surface area contributed by atoms with Gasteiger partial charge in [-0.2, -0.15) is 0 Å². The van der Waals surface area contributed by atoms with Gasteiger partial charge in [0.05, 0.1) is 11.3 Å². The van der Waals surface area contributed by atoms with Gasteiger partial charge in [-0.05, 0) is 12.2 Å². The lowest BCUT2D eigenvalue weighted by atomic mass is 9.95. The van der Waals surface area contributed by atoms with Crippen LogP contribution in [0.2, 0.25) is 0 Å². The highest BCUT2D eigenvalue weighted by Crippen LogP contribution is 2.61. The fourth-order valence-corrected chi connectivity index (χ4v) is 8.80. The van der Waals surface area contributed by atoms with E-state index >= 15 is 0 Å². The van der Waals surface area contributed by atoms with Gasteiger partial charge < -0.3 is 22.9 Å². The lowest BCUT2D eigenvalue weighted by molar-refractivity contribution is 0.398. The molecule has 2 rings (SSSR count). The van der Waals surface area contributed by atoms with Gasteiger partial charge in [0.2, 0.25) is 0 Å². The van der Waals surface area contributed by atoms with Crippen molar-refractivity contribution in [2.45, 2.75) is 37.1 Å². The molecule has 25 heavy (non-hydrogen) atoms. The van der Waals surface area contributed by atoms with Crippen LogP contribution in [0.5, 0.6) is 0 Å². The Morgan fingerprint density at radius 3 is 1.20 bits per heavy atom. The van der Waals surface area contributed by atoms with E-state index in [1.54, 1.807) is 11.8 Å². The SMILES string of the molecule is NC1(N)CC(Br)(Br)C(SC2=CC(Br)(Br)C(N)(N)CC2(Br)Br)=CC1(Br)Br. The van der Waals surface area contributed by atoms with Crippen molar-refractivity contribution < 1.29 is 0 Å². The molecule has 0 saturated heterocycles. The van der Waals surface area contributed by atoms with E-state index in [-0.39, 0.29) is 0 Å². The van der Waals surface area contributed by atoms with E-state index in [2.05, 4.69) is 127 Å². The van der Waals surface area contributed by atoms with Gasteiger partial charge in [0.1, 0.15) is 12.9 Å². The third-order valence-electron chi connectivity index (χ3n) is 3.84. The Bertz CT molecular complexity index is 587. The number of hydrogen-bond acceptors (Lipinski definition) is 5. The van der Waals surface area contributed by atoms with E-state index < -0.39 is 24.3 Å². The Kier molecular flexibility index (Phi) is 7.51. The Morgan fingerprint density at radius 2 is 0.920 bits per heavy atom. The largest absolute Gasteiger partial charge is 0.311 e. The molecular weight excluding hydrogens is 871 g/mol. The summed E-state index contributed by atoms with van der Waals surface area (Å²) in [5.41, 5.74) is 23.0. The molecule has 0 spiro atoms. The maximum absolute atomic E-state index is 6.25. The molecule has 0 unspecified atom stereocenters. The summed E-state index contributed by atoms with van der Waals surface area (Å²) < 4.78 is -2.64. The molecule has 4 nitrogen and oxygen atoms in total. The van der Waals surface area contributed by atoms with Gasteiger partial charge in [-0.15, -0.1) is 0 Å². The highest BCUT2D eigenvalue weighted by atomic mass is 79.9. The second-order valence-electron chi connectivity index (χ2n) is 6.21. The van der Waals surface area contributed by atoms with Crippen LogP contribution in [-0.4, -0.2) is 24.3 Å². The number of allylic oxidation sites excluding steroid dienone is 2. The normalized spacial score (nSPS) is 31.0. The lowest BCUT2D eigenvalue weighted by Gasteiger charge is -2.48. The Labute approximate surface area is 218 Å². The van der Waals surface area contributed by atoms with Crippen LogP contribution in [0.1, 0.15) is 12.8 Å². The minimum Gasteiger partial charge on any atom is -0.311 e. The molecule has 0 bridgehead atoms. The molecular formula is C12H14Br8N4S. The van der Waals surface area contributed by atoms with Crippen molar-refractivity contribution in [1.82, 2.24) is 0 Å². The molecule has 13 heteroatoms. The zero-order valence-corrected chi connectivity index (χ0v) is 25.8. The third-order valence-corrected chi connectivity index (χ3v) is 13.0. The van der Waals surface area contributed by atoms with Crippen LogP contribution in [0.4, 0.5) is 0 Å². The van der Waals surface area contributed by atoms with Crippen LogP contribution in [0, 0.1) is 0 Å². The summed E-state index contributed by atoms with van der Waals surface area (Å²) in [4.78, 5) is 1.94. The van der Waals surface area contributed by atoms with Gasteiger partial charge in [-0.25, -0.2) is 0 Å². The molecule has 0 heterocycles. The Hall–Kier alpha value is 3.51. The number of nitrogens with two attached hydrogens (primary N) is 4. The van der Waals surface area contributed by atoms with E-state index in [0.717, 1.165) is 9.81 Å². The van der Waals surface area contributed by atoms with Crippen LogP contribution in [0.15, 0.2) is 22.0 Å². The van der Waals surface area contributed by atoms with Crippen molar-refractivity contribution in [2.75, 3.05) is 0 Å². The molecule has 0 aromatic rings. The second-order valence-corrected chi connectivity index (χ2v) is 22.0. The summed E-state index contributed by atoms with van der Waals surface area (Å²) >= 11 is 30.6. The van der Waals surface area contributed by atoms with Gasteiger partial charge in [0.15, 0.2) is 0 Å². The van der Waals surface area contributed by atoms with Crippen molar-refractivity contribution in [1.29, 1.82) is 0 Å². The summed E-state index contributed by atoms with van der Waals surface area (Å²) in [7, 11) is 0. The van der Waals surface area contributed by atoms with Gasteiger partial charge in [-0.1, -0.05) is 139 Å². The maximum Gasteiger partial charge on any atom is 0.130 e. The minimum atomic E-state index is -1.01. The molecule has 0 fully saturated rings. The molecule has 0 radical (unpaired) electrons. The highest BCUT2D eigenvalue weighted by molar-refractivity contribution is 9.26. The van der Waals surface area contributed by atoms with E-state index in [1.165, 1.54) is 0 Å². The predicted molar refractivity (Wildman–Crippen MR) is 138 cm³/mol. The zero-order valence-electron chi connectivity index (χ0n) is 12.3. The predicted octanol–water partition coefficient (Wildman–Crippen LogP) is 5.47. The summed E-state index contributed by atoms with van der Waals surface area (Å²) in [5.74, 6) is 0. The zero-order chi connectivity index (χ0) is 19.7. The number of hydrogen-bond donors (Lipinski definition) is 4. The molecule has 2 aliphatic rings. The quantitative estimate of drug-likeness (QED) is 0.218. The molecule has 0 atom stereocenters. The van der Waals surface area contributed by atoms with E-state index in [0.29, 0.717) is 12.8 Å². The molecule has 2 aliphatic carbocycles. The van der Waals surface area contributed by atoms with Gasteiger partial charge in [0.25, 0.3) is 0 Å². The Balaban J connectivity index is 2.47. The van der Waals surface area contributed by atoms with Crippen LogP contribution < -0.4 is 22.9 Å². The first-order valence-corrected chi connectivity index (χ1v) is 13.8. The van der Waals surface area contributed by atoms with Crippen molar-refractivity contribution >= 4 is 139 Å².